The summed E-state index contributed by atoms with van der Waals surface area (Å²) in [6.45, 7) is 2.67. The third kappa shape index (κ3) is 5.96. The van der Waals surface area contributed by atoms with E-state index in [1.165, 1.54) is 0 Å². The van der Waals surface area contributed by atoms with Gasteiger partial charge in [-0.25, -0.2) is 0 Å². The summed E-state index contributed by atoms with van der Waals surface area (Å²) in [5.74, 6) is 0.439. The number of rotatable bonds is 6. The van der Waals surface area contributed by atoms with Crippen molar-refractivity contribution >= 4 is 34.6 Å². The molecule has 0 unspecified atom stereocenters. The van der Waals surface area contributed by atoms with Gasteiger partial charge in [0.2, 0.25) is 0 Å². The number of amides is 1. The van der Waals surface area contributed by atoms with Gasteiger partial charge in [-0.2, -0.15) is 0 Å². The summed E-state index contributed by atoms with van der Waals surface area (Å²) in [5.41, 5.74) is 1.48. The molecule has 0 aliphatic heterocycles. The van der Waals surface area contributed by atoms with Crippen LogP contribution >= 0.6 is 12.2 Å². The highest BCUT2D eigenvalue weighted by Gasteiger charge is 2.05. The molecule has 0 fully saturated rings. The smallest absolute Gasteiger partial charge is 0.262 e. The van der Waals surface area contributed by atoms with E-state index < -0.39 is 0 Å². The van der Waals surface area contributed by atoms with Gasteiger partial charge in [0.05, 0.1) is 0 Å². The molecule has 2 aromatic rings. The van der Waals surface area contributed by atoms with Gasteiger partial charge >= 0.3 is 0 Å². The molecular weight excluding hydrogens is 310 g/mol. The minimum Gasteiger partial charge on any atom is -0.484 e. The van der Waals surface area contributed by atoms with Crippen LogP contribution in [0.2, 0.25) is 0 Å². The zero-order valence-electron chi connectivity index (χ0n) is 12.8. The summed E-state index contributed by atoms with van der Waals surface area (Å²) in [6, 6.07) is 16.5. The number of anilines is 2. The molecule has 0 radical (unpaired) electrons. The monoisotopic (exact) mass is 329 g/mol. The Morgan fingerprint density at radius 1 is 1.04 bits per heavy atom. The zero-order chi connectivity index (χ0) is 16.5. The van der Waals surface area contributed by atoms with Crippen LogP contribution in [0, 0.1) is 0 Å². The molecule has 0 aliphatic carbocycles. The number of ether oxygens (including phenoxy) is 1. The van der Waals surface area contributed by atoms with Crippen molar-refractivity contribution in [1.82, 2.24) is 5.32 Å². The van der Waals surface area contributed by atoms with Gasteiger partial charge in [0.1, 0.15) is 5.75 Å². The molecule has 23 heavy (non-hydrogen) atoms. The topological polar surface area (TPSA) is 62.4 Å². The van der Waals surface area contributed by atoms with E-state index in [1.807, 2.05) is 49.4 Å². The second-order valence-corrected chi connectivity index (χ2v) is 5.12. The Morgan fingerprint density at radius 2 is 1.74 bits per heavy atom. The van der Waals surface area contributed by atoms with Gasteiger partial charge in [-0.1, -0.05) is 24.3 Å². The van der Waals surface area contributed by atoms with Crippen LogP contribution in [-0.2, 0) is 4.79 Å². The Labute approximate surface area is 141 Å². The molecule has 0 bridgehead atoms. The lowest BCUT2D eigenvalue weighted by molar-refractivity contribution is -0.118. The molecule has 0 aliphatic rings. The second kappa shape index (κ2) is 8.75. The Hall–Kier alpha value is -2.60. The molecule has 0 aromatic heterocycles. The highest BCUT2D eigenvalue weighted by molar-refractivity contribution is 7.80. The first-order chi connectivity index (χ1) is 11.2. The number of benzene rings is 2. The highest BCUT2D eigenvalue weighted by Crippen LogP contribution is 2.15. The third-order valence-corrected chi connectivity index (χ3v) is 3.10. The molecule has 2 aromatic carbocycles. The van der Waals surface area contributed by atoms with Crippen LogP contribution in [0.4, 0.5) is 11.4 Å². The normalized spacial score (nSPS) is 9.78. The van der Waals surface area contributed by atoms with E-state index in [1.54, 1.807) is 12.1 Å². The lowest BCUT2D eigenvalue weighted by Gasteiger charge is -2.11. The highest BCUT2D eigenvalue weighted by atomic mass is 32.1. The van der Waals surface area contributed by atoms with E-state index in [-0.39, 0.29) is 12.5 Å². The fourth-order valence-electron chi connectivity index (χ4n) is 1.87. The van der Waals surface area contributed by atoms with E-state index in [9.17, 15) is 4.79 Å². The number of thiocarbonyl (C=S) groups is 1. The Balaban J connectivity index is 1.87. The average Bonchev–Trinajstić information content (AvgIpc) is 2.54. The summed E-state index contributed by atoms with van der Waals surface area (Å²) in [4.78, 5) is 11.9. The van der Waals surface area contributed by atoms with E-state index in [4.69, 9.17) is 17.0 Å². The van der Waals surface area contributed by atoms with Crippen molar-refractivity contribution in [2.24, 2.45) is 0 Å². The Bertz CT molecular complexity index is 662. The maximum absolute atomic E-state index is 11.9. The van der Waals surface area contributed by atoms with Crippen molar-refractivity contribution in [3.05, 3.63) is 54.6 Å². The van der Waals surface area contributed by atoms with Crippen LogP contribution in [0.5, 0.6) is 5.75 Å². The first-order valence-corrected chi connectivity index (χ1v) is 7.71. The first kappa shape index (κ1) is 16.8. The number of hydrogen-bond acceptors (Lipinski definition) is 3. The molecule has 120 valence electrons. The van der Waals surface area contributed by atoms with Gasteiger partial charge in [-0.15, -0.1) is 0 Å². The van der Waals surface area contributed by atoms with E-state index in [0.29, 0.717) is 16.5 Å². The number of nitrogens with one attached hydrogen (secondary N) is 3. The molecule has 3 N–H and O–H groups in total. The number of carbonyl (C=O) groups is 1. The summed E-state index contributed by atoms with van der Waals surface area (Å²) >= 11 is 5.13. The van der Waals surface area contributed by atoms with Crippen molar-refractivity contribution in [3.8, 4) is 5.75 Å². The van der Waals surface area contributed by atoms with Crippen molar-refractivity contribution in [2.45, 2.75) is 6.92 Å². The molecule has 6 heteroatoms. The predicted octanol–water partition coefficient (Wildman–Crippen LogP) is 3.01. The van der Waals surface area contributed by atoms with Gasteiger partial charge in [0.15, 0.2) is 11.7 Å². The second-order valence-electron chi connectivity index (χ2n) is 4.72. The average molecular weight is 329 g/mol. The lowest BCUT2D eigenvalue weighted by atomic mass is 10.2. The predicted molar refractivity (Wildman–Crippen MR) is 96.9 cm³/mol. The number of hydrogen-bond donors (Lipinski definition) is 3. The molecule has 0 atom stereocenters. The maximum Gasteiger partial charge on any atom is 0.262 e. The molecule has 0 saturated carbocycles. The molecule has 2 rings (SSSR count). The number of para-hydroxylation sites is 1. The first-order valence-electron chi connectivity index (χ1n) is 7.30. The fourth-order valence-corrected chi connectivity index (χ4v) is 2.14. The lowest BCUT2D eigenvalue weighted by Crippen LogP contribution is -2.28. The SMILES string of the molecule is CCNC(=S)Nc1cccc(NC(=O)COc2ccccc2)c1. The Morgan fingerprint density at radius 3 is 2.43 bits per heavy atom. The molecule has 5 nitrogen and oxygen atoms in total. The largest absolute Gasteiger partial charge is 0.484 e. The molecular formula is C17H19N3O2S. The van der Waals surface area contributed by atoms with Crippen molar-refractivity contribution in [2.75, 3.05) is 23.8 Å². The Kier molecular flexibility index (Phi) is 6.38. The van der Waals surface area contributed by atoms with Crippen molar-refractivity contribution in [1.29, 1.82) is 0 Å². The van der Waals surface area contributed by atoms with Crippen molar-refractivity contribution < 1.29 is 9.53 Å². The minimum absolute atomic E-state index is 0.0442. The third-order valence-electron chi connectivity index (χ3n) is 2.85. The summed E-state index contributed by atoms with van der Waals surface area (Å²) in [5, 5.41) is 9.39. The van der Waals surface area contributed by atoms with Gasteiger partial charge in [0, 0.05) is 17.9 Å². The van der Waals surface area contributed by atoms with Crippen LogP contribution < -0.4 is 20.7 Å². The summed E-state index contributed by atoms with van der Waals surface area (Å²) in [7, 11) is 0. The van der Waals surface area contributed by atoms with Crippen LogP contribution in [0.1, 0.15) is 6.92 Å². The quantitative estimate of drug-likeness (QED) is 0.711. The summed E-state index contributed by atoms with van der Waals surface area (Å²) in [6.07, 6.45) is 0. The van der Waals surface area contributed by atoms with Gasteiger partial charge < -0.3 is 20.7 Å². The molecule has 1 amide bonds. The van der Waals surface area contributed by atoms with Gasteiger partial charge in [-0.05, 0) is 49.5 Å². The summed E-state index contributed by atoms with van der Waals surface area (Å²) < 4.78 is 5.41. The van der Waals surface area contributed by atoms with E-state index in [0.717, 1.165) is 12.2 Å². The molecule has 0 saturated heterocycles. The molecule has 0 heterocycles. The van der Waals surface area contributed by atoms with E-state index >= 15 is 0 Å². The molecule has 0 spiro atoms. The number of carbonyl (C=O) groups excluding carboxylic acids is 1. The van der Waals surface area contributed by atoms with Crippen LogP contribution in [0.15, 0.2) is 54.6 Å². The van der Waals surface area contributed by atoms with Crippen LogP contribution in [0.3, 0.4) is 0 Å². The fraction of sp³-hybridized carbons (Fsp3) is 0.176. The standard InChI is InChI=1S/C17H19N3O2S/c1-2-18-17(23)20-14-8-6-7-13(11-14)19-16(21)12-22-15-9-4-3-5-10-15/h3-11H,2,12H2,1H3,(H,19,21)(H2,18,20,23). The van der Waals surface area contributed by atoms with Gasteiger partial charge in [0.25, 0.3) is 5.91 Å². The van der Waals surface area contributed by atoms with Crippen LogP contribution in [0.25, 0.3) is 0 Å². The maximum atomic E-state index is 11.9. The van der Waals surface area contributed by atoms with Crippen LogP contribution in [-0.4, -0.2) is 24.2 Å². The van der Waals surface area contributed by atoms with E-state index in [2.05, 4.69) is 16.0 Å². The van der Waals surface area contributed by atoms with Crippen molar-refractivity contribution in [3.63, 3.8) is 0 Å². The zero-order valence-corrected chi connectivity index (χ0v) is 13.7. The van der Waals surface area contributed by atoms with Gasteiger partial charge in [-0.3, -0.25) is 4.79 Å². The minimum atomic E-state index is -0.222.